The van der Waals surface area contributed by atoms with Crippen LogP contribution in [0.3, 0.4) is 0 Å². The number of hydrogen-bond donors (Lipinski definition) is 0. The molecule has 1 fully saturated rings. The Bertz CT molecular complexity index is 1570. The van der Waals surface area contributed by atoms with Gasteiger partial charge in [0.25, 0.3) is 5.91 Å². The first-order chi connectivity index (χ1) is 18.2. The molecule has 1 aliphatic heterocycles. The number of nitrogens with zero attached hydrogens (tertiary/aromatic N) is 2. The van der Waals surface area contributed by atoms with Crippen LogP contribution >= 0.6 is 11.6 Å². The molecule has 198 valence electrons. The van der Waals surface area contributed by atoms with Gasteiger partial charge in [-0.15, -0.1) is 0 Å². The lowest BCUT2D eigenvalue weighted by Crippen LogP contribution is -2.43. The number of amides is 1. The molecule has 1 unspecified atom stereocenters. The van der Waals surface area contributed by atoms with Crippen molar-refractivity contribution < 1.29 is 27.1 Å². The third-order valence-corrected chi connectivity index (χ3v) is 9.18. The second-order valence-corrected chi connectivity index (χ2v) is 12.1. The van der Waals surface area contributed by atoms with Gasteiger partial charge in [-0.25, -0.2) is 22.6 Å². The first-order valence-electron chi connectivity index (χ1n) is 12.4. The minimum Gasteiger partial charge on any atom is -0.452 e. The van der Waals surface area contributed by atoms with E-state index in [2.05, 4.69) is 0 Å². The van der Waals surface area contributed by atoms with E-state index in [4.69, 9.17) is 21.3 Å². The van der Waals surface area contributed by atoms with E-state index < -0.39 is 40.2 Å². The number of aromatic nitrogens is 1. The molecule has 1 aromatic heterocycles. The van der Waals surface area contributed by atoms with Crippen molar-refractivity contribution >= 4 is 55.9 Å². The standard InChI is InChI=1S/C28H26ClFN2O5S/c1-2-32(18-12-13-38(35,36)16-18)25(33)15-37-28(34)26-19-6-3-4-9-24(19)31-27-17(10-11-20(26)27)14-21-22(29)7-5-8-23(21)30/h3-9,14,18H,2,10-13,15-16H2,1H3. The van der Waals surface area contributed by atoms with E-state index in [0.717, 1.165) is 5.57 Å². The molecule has 3 aromatic rings. The van der Waals surface area contributed by atoms with Gasteiger partial charge in [0.05, 0.1) is 33.3 Å². The summed E-state index contributed by atoms with van der Waals surface area (Å²) in [7, 11) is -3.17. The second kappa shape index (κ2) is 10.5. The number of carbonyl (C=O) groups excluding carboxylic acids is 2. The average molecular weight is 557 g/mol. The van der Waals surface area contributed by atoms with Gasteiger partial charge >= 0.3 is 5.97 Å². The maximum Gasteiger partial charge on any atom is 0.339 e. The zero-order valence-corrected chi connectivity index (χ0v) is 22.3. The topological polar surface area (TPSA) is 93.6 Å². The van der Waals surface area contributed by atoms with Crippen LogP contribution in [-0.4, -0.2) is 60.9 Å². The van der Waals surface area contributed by atoms with E-state index in [1.807, 2.05) is 0 Å². The molecular formula is C28H26ClFN2O5S. The largest absolute Gasteiger partial charge is 0.452 e. The number of esters is 1. The SMILES string of the molecule is CCN(C(=O)COC(=O)c1c2c(nc3ccccc13)C(=Cc1c(F)cccc1Cl)CC2)C1CCS(=O)(=O)C1. The van der Waals surface area contributed by atoms with Gasteiger partial charge in [-0.1, -0.05) is 35.9 Å². The highest BCUT2D eigenvalue weighted by Crippen LogP contribution is 2.38. The van der Waals surface area contributed by atoms with Gasteiger partial charge in [-0.3, -0.25) is 4.79 Å². The summed E-state index contributed by atoms with van der Waals surface area (Å²) in [6.07, 6.45) is 3.06. The number of rotatable bonds is 6. The van der Waals surface area contributed by atoms with Crippen molar-refractivity contribution in [3.63, 3.8) is 0 Å². The summed E-state index contributed by atoms with van der Waals surface area (Å²) in [5.41, 5.74) is 3.16. The van der Waals surface area contributed by atoms with Crippen LogP contribution in [-0.2, 0) is 25.8 Å². The van der Waals surface area contributed by atoms with Crippen LogP contribution in [0.4, 0.5) is 4.39 Å². The highest BCUT2D eigenvalue weighted by molar-refractivity contribution is 7.91. The Morgan fingerprint density at radius 1 is 1.18 bits per heavy atom. The normalized spacial score (nSPS) is 19.0. The zero-order valence-electron chi connectivity index (χ0n) is 20.7. The number of likely N-dealkylation sites (N-methyl/N-ethyl adjacent to an activating group) is 1. The predicted octanol–water partition coefficient (Wildman–Crippen LogP) is 4.71. The van der Waals surface area contributed by atoms with Gasteiger partial charge in [-0.2, -0.15) is 0 Å². The summed E-state index contributed by atoms with van der Waals surface area (Å²) in [5.74, 6) is -1.58. The first-order valence-corrected chi connectivity index (χ1v) is 14.6. The lowest BCUT2D eigenvalue weighted by molar-refractivity contribution is -0.136. The van der Waals surface area contributed by atoms with Crippen molar-refractivity contribution in [3.05, 3.63) is 75.7 Å². The fourth-order valence-corrected chi connectivity index (χ4v) is 7.23. The molecule has 1 aliphatic carbocycles. The van der Waals surface area contributed by atoms with Crippen LogP contribution in [0.5, 0.6) is 0 Å². The van der Waals surface area contributed by atoms with Gasteiger partial charge in [0.2, 0.25) is 0 Å². The van der Waals surface area contributed by atoms with E-state index >= 15 is 0 Å². The molecule has 1 saturated heterocycles. The van der Waals surface area contributed by atoms with Gasteiger partial charge in [-0.05, 0) is 61.6 Å². The van der Waals surface area contributed by atoms with E-state index in [1.54, 1.807) is 43.3 Å². The van der Waals surface area contributed by atoms with Crippen LogP contribution < -0.4 is 0 Å². The number of allylic oxidation sites excluding steroid dienone is 1. The smallest absolute Gasteiger partial charge is 0.339 e. The predicted molar refractivity (Wildman–Crippen MR) is 144 cm³/mol. The highest BCUT2D eigenvalue weighted by Gasteiger charge is 2.34. The lowest BCUT2D eigenvalue weighted by Gasteiger charge is -2.26. The van der Waals surface area contributed by atoms with Crippen LogP contribution in [0, 0.1) is 5.82 Å². The van der Waals surface area contributed by atoms with Crippen molar-refractivity contribution in [1.82, 2.24) is 9.88 Å². The molecule has 7 nitrogen and oxygen atoms in total. The molecule has 10 heteroatoms. The number of halogens is 2. The van der Waals surface area contributed by atoms with E-state index in [1.165, 1.54) is 17.0 Å². The fourth-order valence-electron chi connectivity index (χ4n) is 5.28. The molecule has 0 saturated carbocycles. The zero-order chi connectivity index (χ0) is 27.0. The molecule has 0 radical (unpaired) electrons. The van der Waals surface area contributed by atoms with Crippen molar-refractivity contribution in [2.24, 2.45) is 0 Å². The third kappa shape index (κ3) is 5.05. The molecule has 1 amide bonds. The van der Waals surface area contributed by atoms with Crippen LogP contribution in [0.25, 0.3) is 22.6 Å². The van der Waals surface area contributed by atoms with Crippen molar-refractivity contribution in [1.29, 1.82) is 0 Å². The molecule has 1 atom stereocenters. The second-order valence-electron chi connectivity index (χ2n) is 9.45. The fraction of sp³-hybridized carbons (Fsp3) is 0.321. The number of ether oxygens (including phenoxy) is 1. The molecule has 2 heterocycles. The quantitative estimate of drug-likeness (QED) is 0.408. The number of sulfone groups is 1. The molecule has 2 aliphatic rings. The minimum absolute atomic E-state index is 0.0460. The first kappa shape index (κ1) is 26.3. The molecule has 0 N–H and O–H groups in total. The summed E-state index contributed by atoms with van der Waals surface area (Å²) in [6, 6.07) is 11.2. The van der Waals surface area contributed by atoms with Crippen molar-refractivity contribution in [2.45, 2.75) is 32.2 Å². The number of para-hydroxylation sites is 1. The maximum atomic E-state index is 14.5. The number of carbonyl (C=O) groups is 2. The van der Waals surface area contributed by atoms with Gasteiger partial charge in [0.1, 0.15) is 5.82 Å². The number of benzene rings is 2. The summed E-state index contributed by atoms with van der Waals surface area (Å²) in [4.78, 5) is 32.6. The Kier molecular flexibility index (Phi) is 7.24. The third-order valence-electron chi connectivity index (χ3n) is 7.10. The summed E-state index contributed by atoms with van der Waals surface area (Å²) < 4.78 is 43.7. The van der Waals surface area contributed by atoms with Gasteiger partial charge in [0, 0.05) is 23.5 Å². The Balaban J connectivity index is 1.45. The van der Waals surface area contributed by atoms with Crippen LogP contribution in [0.2, 0.25) is 5.02 Å². The van der Waals surface area contributed by atoms with E-state index in [0.29, 0.717) is 53.5 Å². The number of hydrogen-bond acceptors (Lipinski definition) is 6. The average Bonchev–Trinajstić information content (AvgIpc) is 3.45. The Hall–Kier alpha value is -3.30. The molecular weight excluding hydrogens is 531 g/mol. The van der Waals surface area contributed by atoms with Crippen LogP contribution in [0.1, 0.15) is 46.9 Å². The summed E-state index contributed by atoms with van der Waals surface area (Å²) in [5, 5.41) is 0.878. The van der Waals surface area contributed by atoms with Gasteiger partial charge in [0.15, 0.2) is 16.4 Å². The molecule has 38 heavy (non-hydrogen) atoms. The number of pyridine rings is 1. The molecule has 5 rings (SSSR count). The van der Waals surface area contributed by atoms with E-state index in [9.17, 15) is 22.4 Å². The Morgan fingerprint density at radius 2 is 1.97 bits per heavy atom. The molecule has 2 aromatic carbocycles. The highest BCUT2D eigenvalue weighted by atomic mass is 35.5. The van der Waals surface area contributed by atoms with Gasteiger partial charge < -0.3 is 9.64 Å². The molecule has 0 spiro atoms. The van der Waals surface area contributed by atoms with Crippen molar-refractivity contribution in [2.75, 3.05) is 24.7 Å². The Morgan fingerprint density at radius 3 is 2.68 bits per heavy atom. The maximum absolute atomic E-state index is 14.5. The molecule has 0 bridgehead atoms. The van der Waals surface area contributed by atoms with Crippen LogP contribution in [0.15, 0.2) is 42.5 Å². The minimum atomic E-state index is -3.17. The van der Waals surface area contributed by atoms with E-state index in [-0.39, 0.29) is 22.1 Å². The van der Waals surface area contributed by atoms with Crippen molar-refractivity contribution in [3.8, 4) is 0 Å². The monoisotopic (exact) mass is 556 g/mol. The Labute approximate surface area is 225 Å². The number of fused-ring (bicyclic) bond motifs is 2. The lowest BCUT2D eigenvalue weighted by atomic mass is 10.0. The summed E-state index contributed by atoms with van der Waals surface area (Å²) in [6.45, 7) is 1.59. The summed E-state index contributed by atoms with van der Waals surface area (Å²) >= 11 is 6.23.